The van der Waals surface area contributed by atoms with E-state index in [-0.39, 0.29) is 24.7 Å². The molecule has 7 heteroatoms. The zero-order valence-corrected chi connectivity index (χ0v) is 15.6. The number of rotatable bonds is 11. The lowest BCUT2D eigenvalue weighted by Gasteiger charge is -2.20. The average molecular weight is 354 g/mol. The van der Waals surface area contributed by atoms with Crippen LogP contribution in [0.2, 0.25) is 0 Å². The summed E-state index contributed by atoms with van der Waals surface area (Å²) < 4.78 is 16.1. The molecule has 0 aliphatic heterocycles. The van der Waals surface area contributed by atoms with E-state index in [2.05, 4.69) is 10.6 Å². The zero-order valence-electron chi connectivity index (χ0n) is 15.6. The van der Waals surface area contributed by atoms with Crippen LogP contribution in [0.15, 0.2) is 18.2 Å². The van der Waals surface area contributed by atoms with Gasteiger partial charge in [0.1, 0.15) is 0 Å². The van der Waals surface area contributed by atoms with Crippen LogP contribution in [-0.2, 0) is 16.1 Å². The molecule has 0 fully saturated rings. The summed E-state index contributed by atoms with van der Waals surface area (Å²) in [5.74, 6) is 0.934. The number of hydrogen-bond donors (Lipinski definition) is 3. The number of amides is 1. The maximum Gasteiger partial charge on any atom is 0.258 e. The van der Waals surface area contributed by atoms with Crippen LogP contribution in [-0.4, -0.2) is 56.6 Å². The predicted molar refractivity (Wildman–Crippen MR) is 96.0 cm³/mol. The number of ether oxygens (including phenoxy) is 3. The topological polar surface area (TPSA) is 89.1 Å². The number of carbonyl (C=O) groups is 1. The minimum atomic E-state index is -0.291. The third kappa shape index (κ3) is 9.28. The van der Waals surface area contributed by atoms with E-state index in [1.807, 2.05) is 32.9 Å². The number of aliphatic hydroxyl groups excluding tert-OH is 1. The highest BCUT2D eigenvalue weighted by Gasteiger charge is 2.15. The second kappa shape index (κ2) is 10.9. The monoisotopic (exact) mass is 354 g/mol. The van der Waals surface area contributed by atoms with Crippen molar-refractivity contribution in [2.45, 2.75) is 32.9 Å². The molecule has 0 bridgehead atoms. The fourth-order valence-electron chi connectivity index (χ4n) is 2.08. The Labute approximate surface area is 149 Å². The number of nitrogens with one attached hydrogen (secondary N) is 2. The van der Waals surface area contributed by atoms with E-state index in [1.54, 1.807) is 13.2 Å². The smallest absolute Gasteiger partial charge is 0.258 e. The van der Waals surface area contributed by atoms with Gasteiger partial charge in [-0.25, -0.2) is 0 Å². The Morgan fingerprint density at radius 3 is 2.60 bits per heavy atom. The fraction of sp³-hybridized carbons (Fsp3) is 0.611. The van der Waals surface area contributed by atoms with Crippen LogP contribution in [0, 0.1) is 0 Å². The minimum Gasteiger partial charge on any atom is -0.493 e. The van der Waals surface area contributed by atoms with Crippen LogP contribution in [0.25, 0.3) is 0 Å². The quantitative estimate of drug-likeness (QED) is 0.516. The second-order valence-corrected chi connectivity index (χ2v) is 6.58. The van der Waals surface area contributed by atoms with E-state index >= 15 is 0 Å². The van der Waals surface area contributed by atoms with E-state index in [0.29, 0.717) is 37.8 Å². The van der Waals surface area contributed by atoms with Crippen molar-refractivity contribution in [2.24, 2.45) is 0 Å². The highest BCUT2D eigenvalue weighted by atomic mass is 16.5. The SMILES string of the molecule is COc1cc(CNCCOCCO)ccc1OCC(=O)NC(C)(C)C. The lowest BCUT2D eigenvalue weighted by Crippen LogP contribution is -2.43. The first-order valence-electron chi connectivity index (χ1n) is 8.36. The molecule has 0 saturated heterocycles. The largest absolute Gasteiger partial charge is 0.493 e. The molecule has 1 amide bonds. The van der Waals surface area contributed by atoms with Crippen LogP contribution in [0.1, 0.15) is 26.3 Å². The van der Waals surface area contributed by atoms with E-state index in [1.165, 1.54) is 0 Å². The maximum atomic E-state index is 11.8. The van der Waals surface area contributed by atoms with E-state index in [4.69, 9.17) is 19.3 Å². The molecule has 0 aliphatic rings. The van der Waals surface area contributed by atoms with Gasteiger partial charge in [-0.15, -0.1) is 0 Å². The standard InChI is InChI=1S/C18H30N2O5/c1-18(2,3)20-17(22)13-25-15-6-5-14(11-16(15)23-4)12-19-7-9-24-10-8-21/h5-6,11,19,21H,7-10,12-13H2,1-4H3,(H,20,22). The van der Waals surface area contributed by atoms with Crippen molar-refractivity contribution in [2.75, 3.05) is 40.1 Å². The third-order valence-corrected chi connectivity index (χ3v) is 3.09. The van der Waals surface area contributed by atoms with Gasteiger partial charge < -0.3 is 30.0 Å². The molecule has 25 heavy (non-hydrogen) atoms. The molecule has 0 aliphatic carbocycles. The van der Waals surface area contributed by atoms with Gasteiger partial charge in [0.2, 0.25) is 0 Å². The summed E-state index contributed by atoms with van der Waals surface area (Å²) >= 11 is 0. The van der Waals surface area contributed by atoms with Gasteiger partial charge in [-0.1, -0.05) is 6.07 Å². The Morgan fingerprint density at radius 2 is 1.96 bits per heavy atom. The van der Waals surface area contributed by atoms with Crippen LogP contribution in [0.4, 0.5) is 0 Å². The summed E-state index contributed by atoms with van der Waals surface area (Å²) in [5, 5.41) is 14.7. The molecule has 0 heterocycles. The van der Waals surface area contributed by atoms with E-state index < -0.39 is 0 Å². The van der Waals surface area contributed by atoms with Gasteiger partial charge in [0, 0.05) is 18.6 Å². The van der Waals surface area contributed by atoms with Gasteiger partial charge in [-0.3, -0.25) is 4.79 Å². The van der Waals surface area contributed by atoms with Crippen molar-refractivity contribution in [1.82, 2.24) is 10.6 Å². The summed E-state index contributed by atoms with van der Waals surface area (Å²) in [4.78, 5) is 11.8. The van der Waals surface area contributed by atoms with E-state index in [9.17, 15) is 4.79 Å². The number of hydrogen-bond acceptors (Lipinski definition) is 6. The Morgan fingerprint density at radius 1 is 1.20 bits per heavy atom. The first kappa shape index (κ1) is 21.2. The maximum absolute atomic E-state index is 11.8. The third-order valence-electron chi connectivity index (χ3n) is 3.09. The summed E-state index contributed by atoms with van der Waals surface area (Å²) in [6, 6.07) is 5.59. The van der Waals surface area contributed by atoms with Crippen LogP contribution < -0.4 is 20.1 Å². The Kier molecular flexibility index (Phi) is 9.26. The molecular formula is C18H30N2O5. The molecule has 0 saturated carbocycles. The van der Waals surface area contributed by atoms with Crippen molar-refractivity contribution in [3.8, 4) is 11.5 Å². The van der Waals surface area contributed by atoms with E-state index in [0.717, 1.165) is 5.56 Å². The lowest BCUT2D eigenvalue weighted by molar-refractivity contribution is -0.124. The minimum absolute atomic E-state index is 0.0342. The molecule has 7 nitrogen and oxygen atoms in total. The summed E-state index contributed by atoms with van der Waals surface area (Å²) in [6.45, 7) is 7.97. The van der Waals surface area contributed by atoms with Gasteiger partial charge in [0.05, 0.1) is 26.9 Å². The average Bonchev–Trinajstić information content (AvgIpc) is 2.55. The Hall–Kier alpha value is -1.83. The second-order valence-electron chi connectivity index (χ2n) is 6.58. The highest BCUT2D eigenvalue weighted by molar-refractivity contribution is 5.78. The molecule has 0 aromatic heterocycles. The van der Waals surface area contributed by atoms with Crippen LogP contribution in [0.3, 0.4) is 0 Å². The summed E-state index contributed by atoms with van der Waals surface area (Å²) in [7, 11) is 1.57. The molecule has 0 unspecified atom stereocenters. The van der Waals surface area contributed by atoms with Crippen LogP contribution in [0.5, 0.6) is 11.5 Å². The Bertz CT molecular complexity index is 529. The predicted octanol–water partition coefficient (Wildman–Crippen LogP) is 1.09. The normalized spacial score (nSPS) is 11.2. The van der Waals surface area contributed by atoms with Crippen molar-refractivity contribution < 1.29 is 24.1 Å². The molecule has 0 radical (unpaired) electrons. The molecule has 1 rings (SSSR count). The first-order chi connectivity index (χ1) is 11.9. The van der Waals surface area contributed by atoms with Gasteiger partial charge >= 0.3 is 0 Å². The molecule has 1 aromatic carbocycles. The molecule has 3 N–H and O–H groups in total. The number of methoxy groups -OCH3 is 1. The number of benzene rings is 1. The molecule has 1 aromatic rings. The molecule has 0 atom stereocenters. The van der Waals surface area contributed by atoms with Crippen LogP contribution >= 0.6 is 0 Å². The van der Waals surface area contributed by atoms with Crippen molar-refractivity contribution >= 4 is 5.91 Å². The lowest BCUT2D eigenvalue weighted by atomic mass is 10.1. The van der Waals surface area contributed by atoms with Gasteiger partial charge in [0.25, 0.3) is 5.91 Å². The summed E-state index contributed by atoms with van der Waals surface area (Å²) in [5.41, 5.74) is 0.742. The fourth-order valence-corrected chi connectivity index (χ4v) is 2.08. The molecule has 0 spiro atoms. The molecular weight excluding hydrogens is 324 g/mol. The van der Waals surface area contributed by atoms with Crippen molar-refractivity contribution in [1.29, 1.82) is 0 Å². The van der Waals surface area contributed by atoms with Gasteiger partial charge in [-0.2, -0.15) is 0 Å². The highest BCUT2D eigenvalue weighted by Crippen LogP contribution is 2.28. The first-order valence-corrected chi connectivity index (χ1v) is 8.36. The van der Waals surface area contributed by atoms with Crippen molar-refractivity contribution in [3.63, 3.8) is 0 Å². The zero-order chi connectivity index (χ0) is 18.7. The number of aliphatic hydroxyl groups is 1. The van der Waals surface area contributed by atoms with Crippen molar-refractivity contribution in [3.05, 3.63) is 23.8 Å². The molecule has 142 valence electrons. The summed E-state index contributed by atoms with van der Waals surface area (Å²) in [6.07, 6.45) is 0. The number of carbonyl (C=O) groups excluding carboxylic acids is 1. The Balaban J connectivity index is 2.47. The van der Waals surface area contributed by atoms with Gasteiger partial charge in [0.15, 0.2) is 18.1 Å². The van der Waals surface area contributed by atoms with Gasteiger partial charge in [-0.05, 0) is 38.5 Å².